The number of fused-ring (bicyclic) bond motifs is 2. The quantitative estimate of drug-likeness (QED) is 0.761. The first-order valence-corrected chi connectivity index (χ1v) is 9.93. The van der Waals surface area contributed by atoms with Crippen LogP contribution in [0.5, 0.6) is 0 Å². The van der Waals surface area contributed by atoms with Gasteiger partial charge < -0.3 is 9.64 Å². The van der Waals surface area contributed by atoms with Gasteiger partial charge in [0.15, 0.2) is 0 Å². The molecule has 2 fully saturated rings. The first kappa shape index (κ1) is 19.8. The lowest BCUT2D eigenvalue weighted by molar-refractivity contribution is -0.126. The SMILES string of the molecule is Cc1cc(F)ccc1CC(=O)C1CC2CCCC(C1)N2C(=O)OC(C)(C)C. The number of nitrogens with zero attached hydrogens (tertiary/aromatic N) is 1. The van der Waals surface area contributed by atoms with Gasteiger partial charge in [0.25, 0.3) is 0 Å². The van der Waals surface area contributed by atoms with E-state index in [1.807, 2.05) is 32.6 Å². The number of amides is 1. The Bertz CT molecular complexity index is 711. The van der Waals surface area contributed by atoms with Crippen LogP contribution in [0.4, 0.5) is 9.18 Å². The number of aryl methyl sites for hydroxylation is 1. The first-order chi connectivity index (χ1) is 12.6. The number of Topliss-reactive ketones (excluding diaryl/α,β-unsaturated/α-hetero) is 1. The Labute approximate surface area is 161 Å². The Morgan fingerprint density at radius 3 is 2.37 bits per heavy atom. The van der Waals surface area contributed by atoms with Gasteiger partial charge in [-0.3, -0.25) is 4.79 Å². The minimum absolute atomic E-state index is 0.0385. The van der Waals surface area contributed by atoms with E-state index < -0.39 is 5.60 Å². The van der Waals surface area contributed by atoms with Crippen LogP contribution in [-0.2, 0) is 16.0 Å². The maximum atomic E-state index is 13.3. The Kier molecular flexibility index (Phi) is 5.59. The van der Waals surface area contributed by atoms with Crippen LogP contribution in [0.15, 0.2) is 18.2 Å². The highest BCUT2D eigenvalue weighted by molar-refractivity contribution is 5.84. The van der Waals surface area contributed by atoms with Gasteiger partial charge in [0.05, 0.1) is 0 Å². The number of hydrogen-bond acceptors (Lipinski definition) is 3. The molecule has 0 radical (unpaired) electrons. The van der Waals surface area contributed by atoms with Gasteiger partial charge in [-0.15, -0.1) is 0 Å². The number of benzene rings is 1. The summed E-state index contributed by atoms with van der Waals surface area (Å²) in [7, 11) is 0. The highest BCUT2D eigenvalue weighted by atomic mass is 19.1. The molecule has 1 amide bonds. The van der Waals surface area contributed by atoms with Crippen molar-refractivity contribution in [3.8, 4) is 0 Å². The smallest absolute Gasteiger partial charge is 0.410 e. The maximum Gasteiger partial charge on any atom is 0.410 e. The molecule has 3 rings (SSSR count). The second kappa shape index (κ2) is 7.61. The van der Waals surface area contributed by atoms with Crippen molar-refractivity contribution in [1.82, 2.24) is 4.90 Å². The molecule has 2 aliphatic heterocycles. The minimum Gasteiger partial charge on any atom is -0.444 e. The normalized spacial score (nSPS) is 25.2. The summed E-state index contributed by atoms with van der Waals surface area (Å²) in [6.07, 6.45) is 4.43. The zero-order valence-corrected chi connectivity index (χ0v) is 16.8. The molecule has 4 nitrogen and oxygen atoms in total. The molecule has 1 aromatic carbocycles. The van der Waals surface area contributed by atoms with Crippen LogP contribution in [0, 0.1) is 18.7 Å². The Balaban J connectivity index is 1.68. The van der Waals surface area contributed by atoms with Crippen LogP contribution in [-0.4, -0.2) is 34.5 Å². The third kappa shape index (κ3) is 4.69. The van der Waals surface area contributed by atoms with Gasteiger partial charge in [-0.05, 0) is 83.1 Å². The summed E-state index contributed by atoms with van der Waals surface area (Å²) in [5.41, 5.74) is 1.19. The van der Waals surface area contributed by atoms with E-state index in [2.05, 4.69) is 0 Å². The number of rotatable bonds is 3. The number of ketones is 1. The van der Waals surface area contributed by atoms with Crippen molar-refractivity contribution in [3.05, 3.63) is 35.1 Å². The van der Waals surface area contributed by atoms with E-state index in [1.54, 1.807) is 6.07 Å². The molecule has 0 N–H and O–H groups in total. The Hall–Kier alpha value is -1.91. The van der Waals surface area contributed by atoms with Gasteiger partial charge >= 0.3 is 6.09 Å². The van der Waals surface area contributed by atoms with E-state index >= 15 is 0 Å². The molecule has 2 bridgehead atoms. The minimum atomic E-state index is -0.516. The summed E-state index contributed by atoms with van der Waals surface area (Å²) >= 11 is 0. The van der Waals surface area contributed by atoms with Crippen LogP contribution in [0.25, 0.3) is 0 Å². The van der Waals surface area contributed by atoms with Gasteiger partial charge in [0.2, 0.25) is 0 Å². The van der Waals surface area contributed by atoms with Crippen molar-refractivity contribution in [2.24, 2.45) is 5.92 Å². The first-order valence-electron chi connectivity index (χ1n) is 9.93. The molecule has 5 heteroatoms. The lowest BCUT2D eigenvalue weighted by Gasteiger charge is -2.48. The topological polar surface area (TPSA) is 46.6 Å². The second-order valence-corrected chi connectivity index (χ2v) is 9.01. The monoisotopic (exact) mass is 375 g/mol. The van der Waals surface area contributed by atoms with Crippen molar-refractivity contribution < 1.29 is 18.7 Å². The fourth-order valence-electron chi connectivity index (χ4n) is 4.45. The highest BCUT2D eigenvalue weighted by Crippen LogP contribution is 2.38. The van der Waals surface area contributed by atoms with Crippen LogP contribution in [0.3, 0.4) is 0 Å². The van der Waals surface area contributed by atoms with E-state index in [-0.39, 0.29) is 35.7 Å². The second-order valence-electron chi connectivity index (χ2n) is 9.01. The molecular formula is C22H30FNO3. The van der Waals surface area contributed by atoms with E-state index in [0.29, 0.717) is 19.3 Å². The Morgan fingerprint density at radius 1 is 1.19 bits per heavy atom. The van der Waals surface area contributed by atoms with Crippen molar-refractivity contribution >= 4 is 11.9 Å². The molecule has 148 valence electrons. The van der Waals surface area contributed by atoms with E-state index in [0.717, 1.165) is 30.4 Å². The summed E-state index contributed by atoms with van der Waals surface area (Å²) < 4.78 is 18.9. The molecule has 0 aromatic heterocycles. The molecule has 2 unspecified atom stereocenters. The van der Waals surface area contributed by atoms with E-state index in [4.69, 9.17) is 4.74 Å². The number of piperidine rings is 2. The summed E-state index contributed by atoms with van der Waals surface area (Å²) in [6.45, 7) is 7.47. The Morgan fingerprint density at radius 2 is 1.81 bits per heavy atom. The van der Waals surface area contributed by atoms with Crippen LogP contribution < -0.4 is 0 Å². The predicted octanol–water partition coefficient (Wildman–Crippen LogP) is 4.81. The molecule has 0 saturated carbocycles. The van der Waals surface area contributed by atoms with Crippen LogP contribution in [0.1, 0.15) is 64.0 Å². The molecule has 2 atom stereocenters. The third-order valence-corrected chi connectivity index (χ3v) is 5.70. The molecule has 2 saturated heterocycles. The zero-order valence-electron chi connectivity index (χ0n) is 16.8. The van der Waals surface area contributed by atoms with Crippen LogP contribution >= 0.6 is 0 Å². The number of hydrogen-bond donors (Lipinski definition) is 0. The highest BCUT2D eigenvalue weighted by Gasteiger charge is 2.44. The van der Waals surface area contributed by atoms with Crippen molar-refractivity contribution in [1.29, 1.82) is 0 Å². The van der Waals surface area contributed by atoms with Gasteiger partial charge in [0, 0.05) is 24.4 Å². The van der Waals surface area contributed by atoms with Crippen LogP contribution in [0.2, 0.25) is 0 Å². The number of ether oxygens (including phenoxy) is 1. The summed E-state index contributed by atoms with van der Waals surface area (Å²) in [5, 5.41) is 0. The fourth-order valence-corrected chi connectivity index (χ4v) is 4.45. The van der Waals surface area contributed by atoms with Gasteiger partial charge in [-0.2, -0.15) is 0 Å². The molecule has 27 heavy (non-hydrogen) atoms. The summed E-state index contributed by atoms with van der Waals surface area (Å²) in [6, 6.07) is 4.75. The predicted molar refractivity (Wildman–Crippen MR) is 102 cm³/mol. The molecule has 1 aromatic rings. The lowest BCUT2D eigenvalue weighted by Crippen LogP contribution is -2.56. The fraction of sp³-hybridized carbons (Fsp3) is 0.636. The lowest BCUT2D eigenvalue weighted by atomic mass is 9.76. The standard InChI is InChI=1S/C22H30FNO3/c1-14-10-17(23)9-8-15(14)13-20(25)16-11-18-6-5-7-19(12-16)24(18)21(26)27-22(2,3)4/h8-10,16,18-19H,5-7,11-13H2,1-4H3. The van der Waals surface area contributed by atoms with Crippen molar-refractivity contribution in [3.63, 3.8) is 0 Å². The largest absolute Gasteiger partial charge is 0.444 e. The van der Waals surface area contributed by atoms with E-state index in [9.17, 15) is 14.0 Å². The van der Waals surface area contributed by atoms with Gasteiger partial charge in [-0.1, -0.05) is 6.07 Å². The summed E-state index contributed by atoms with van der Waals surface area (Å²) in [5.74, 6) is -0.113. The van der Waals surface area contributed by atoms with Crippen molar-refractivity contribution in [2.45, 2.75) is 83.9 Å². The maximum absolute atomic E-state index is 13.3. The summed E-state index contributed by atoms with van der Waals surface area (Å²) in [4.78, 5) is 27.5. The zero-order chi connectivity index (χ0) is 19.8. The average Bonchev–Trinajstić information content (AvgIpc) is 2.54. The van der Waals surface area contributed by atoms with E-state index in [1.165, 1.54) is 12.1 Å². The number of carbonyl (C=O) groups excluding carboxylic acids is 2. The number of carbonyl (C=O) groups is 2. The molecular weight excluding hydrogens is 345 g/mol. The third-order valence-electron chi connectivity index (χ3n) is 5.70. The molecule has 0 aliphatic carbocycles. The molecule has 0 spiro atoms. The van der Waals surface area contributed by atoms with Crippen molar-refractivity contribution in [2.75, 3.05) is 0 Å². The van der Waals surface area contributed by atoms with Gasteiger partial charge in [-0.25, -0.2) is 9.18 Å². The average molecular weight is 375 g/mol. The molecule has 2 heterocycles. The number of halogens is 1. The van der Waals surface area contributed by atoms with Gasteiger partial charge in [0.1, 0.15) is 17.2 Å². The molecule has 2 aliphatic rings.